The molecule has 142 valence electrons. The quantitative estimate of drug-likeness (QED) is 0.500. The fourth-order valence-corrected chi connectivity index (χ4v) is 4.25. The Morgan fingerprint density at radius 2 is 1.96 bits per heavy atom. The zero-order valence-corrected chi connectivity index (χ0v) is 17.4. The molecule has 0 radical (unpaired) electrons. The third-order valence-electron chi connectivity index (χ3n) is 4.57. The molecule has 0 aliphatic rings. The van der Waals surface area contributed by atoms with Crippen LogP contribution in [0.1, 0.15) is 22.4 Å². The van der Waals surface area contributed by atoms with Gasteiger partial charge in [-0.3, -0.25) is 4.79 Å². The SMILES string of the molecule is Cc1cc(NC(=O)Cc2ccc(C)c(C)c2)n(-c2nc3c(Cl)cccc3s2)n1. The first-order valence-corrected chi connectivity index (χ1v) is 10.1. The van der Waals surface area contributed by atoms with Crippen molar-refractivity contribution < 1.29 is 4.79 Å². The van der Waals surface area contributed by atoms with Gasteiger partial charge < -0.3 is 5.32 Å². The summed E-state index contributed by atoms with van der Waals surface area (Å²) >= 11 is 7.73. The normalized spacial score (nSPS) is 11.1. The Kier molecular flexibility index (Phi) is 4.91. The molecule has 0 fully saturated rings. The van der Waals surface area contributed by atoms with Crippen molar-refractivity contribution in [1.82, 2.24) is 14.8 Å². The number of anilines is 1. The highest BCUT2D eigenvalue weighted by Crippen LogP contribution is 2.31. The molecular formula is C21H19ClN4OS. The number of aryl methyl sites for hydroxylation is 3. The van der Waals surface area contributed by atoms with E-state index in [-0.39, 0.29) is 5.91 Å². The average Bonchev–Trinajstić information content (AvgIpc) is 3.22. The van der Waals surface area contributed by atoms with E-state index in [1.54, 1.807) is 4.68 Å². The Balaban J connectivity index is 1.61. The summed E-state index contributed by atoms with van der Waals surface area (Å²) in [6, 6.07) is 13.6. The van der Waals surface area contributed by atoms with Crippen molar-refractivity contribution in [1.29, 1.82) is 0 Å². The van der Waals surface area contributed by atoms with Crippen molar-refractivity contribution in [3.05, 3.63) is 69.9 Å². The third-order valence-corrected chi connectivity index (χ3v) is 5.88. The summed E-state index contributed by atoms with van der Waals surface area (Å²) in [4.78, 5) is 17.2. The van der Waals surface area contributed by atoms with Crippen LogP contribution in [0.2, 0.25) is 5.02 Å². The predicted molar refractivity (Wildman–Crippen MR) is 115 cm³/mol. The Bertz CT molecular complexity index is 1190. The summed E-state index contributed by atoms with van der Waals surface area (Å²) in [7, 11) is 0. The number of rotatable bonds is 4. The molecule has 1 N–H and O–H groups in total. The van der Waals surface area contributed by atoms with Gasteiger partial charge in [-0.15, -0.1) is 0 Å². The van der Waals surface area contributed by atoms with Gasteiger partial charge in [-0.1, -0.05) is 47.2 Å². The van der Waals surface area contributed by atoms with E-state index in [2.05, 4.69) is 22.3 Å². The predicted octanol–water partition coefficient (Wildman–Crippen LogP) is 5.24. The Morgan fingerprint density at radius 3 is 2.71 bits per heavy atom. The van der Waals surface area contributed by atoms with Crippen LogP contribution in [0.25, 0.3) is 15.3 Å². The Labute approximate surface area is 172 Å². The molecule has 0 spiro atoms. The second-order valence-electron chi connectivity index (χ2n) is 6.81. The lowest BCUT2D eigenvalue weighted by molar-refractivity contribution is -0.115. The number of hydrogen-bond acceptors (Lipinski definition) is 4. The number of aromatic nitrogens is 3. The Hall–Kier alpha value is -2.70. The van der Waals surface area contributed by atoms with E-state index in [9.17, 15) is 4.79 Å². The molecular weight excluding hydrogens is 392 g/mol. The number of para-hydroxylation sites is 1. The number of halogens is 1. The fourth-order valence-electron chi connectivity index (χ4n) is 3.01. The number of carbonyl (C=O) groups is 1. The lowest BCUT2D eigenvalue weighted by Crippen LogP contribution is -2.17. The maximum absolute atomic E-state index is 12.6. The van der Waals surface area contributed by atoms with Gasteiger partial charge in [-0.2, -0.15) is 9.78 Å². The van der Waals surface area contributed by atoms with E-state index in [1.165, 1.54) is 22.5 Å². The molecule has 28 heavy (non-hydrogen) atoms. The lowest BCUT2D eigenvalue weighted by atomic mass is 10.0. The zero-order valence-electron chi connectivity index (χ0n) is 15.8. The number of nitrogens with one attached hydrogen (secondary N) is 1. The molecule has 0 aliphatic carbocycles. The molecule has 0 atom stereocenters. The number of thiazole rings is 1. The summed E-state index contributed by atoms with van der Waals surface area (Å²) in [5, 5.41) is 8.73. The maximum Gasteiger partial charge on any atom is 0.229 e. The molecule has 7 heteroatoms. The molecule has 0 saturated carbocycles. The third kappa shape index (κ3) is 3.66. The van der Waals surface area contributed by atoms with E-state index >= 15 is 0 Å². The Morgan fingerprint density at radius 1 is 1.14 bits per heavy atom. The monoisotopic (exact) mass is 410 g/mol. The number of hydrogen-bond donors (Lipinski definition) is 1. The van der Waals surface area contributed by atoms with Crippen LogP contribution < -0.4 is 5.32 Å². The summed E-state index contributed by atoms with van der Waals surface area (Å²) in [5.74, 6) is 0.505. The topological polar surface area (TPSA) is 59.8 Å². The van der Waals surface area contributed by atoms with Crippen LogP contribution in [0.15, 0.2) is 42.5 Å². The van der Waals surface area contributed by atoms with Crippen LogP contribution in [-0.2, 0) is 11.2 Å². The molecule has 0 unspecified atom stereocenters. The second kappa shape index (κ2) is 7.37. The fraction of sp³-hybridized carbons (Fsp3) is 0.190. The van der Waals surface area contributed by atoms with Crippen LogP contribution >= 0.6 is 22.9 Å². The van der Waals surface area contributed by atoms with Gasteiger partial charge >= 0.3 is 0 Å². The molecule has 2 aromatic carbocycles. The van der Waals surface area contributed by atoms with Crippen molar-refractivity contribution in [3.63, 3.8) is 0 Å². The van der Waals surface area contributed by atoms with Gasteiger partial charge in [0.25, 0.3) is 0 Å². The highest BCUT2D eigenvalue weighted by atomic mass is 35.5. The largest absolute Gasteiger partial charge is 0.310 e. The van der Waals surface area contributed by atoms with Gasteiger partial charge in [0.2, 0.25) is 11.0 Å². The van der Waals surface area contributed by atoms with E-state index in [0.717, 1.165) is 21.5 Å². The standard InChI is InChI=1S/C21H19ClN4OS/c1-12-7-8-15(9-13(12)2)11-19(27)23-18-10-14(3)25-26(18)21-24-20-16(22)5-4-6-17(20)28-21/h4-10H,11H2,1-3H3,(H,23,27). The van der Waals surface area contributed by atoms with E-state index < -0.39 is 0 Å². The van der Waals surface area contributed by atoms with Gasteiger partial charge in [0, 0.05) is 6.07 Å². The summed E-state index contributed by atoms with van der Waals surface area (Å²) < 4.78 is 2.64. The lowest BCUT2D eigenvalue weighted by Gasteiger charge is -2.08. The van der Waals surface area contributed by atoms with Crippen LogP contribution in [0.3, 0.4) is 0 Å². The molecule has 5 nitrogen and oxygen atoms in total. The van der Waals surface area contributed by atoms with Crippen molar-refractivity contribution in [2.75, 3.05) is 5.32 Å². The van der Waals surface area contributed by atoms with E-state index in [4.69, 9.17) is 11.6 Å². The summed E-state index contributed by atoms with van der Waals surface area (Å²) in [6.07, 6.45) is 0.303. The van der Waals surface area contributed by atoms with Crippen LogP contribution in [0.4, 0.5) is 5.82 Å². The average molecular weight is 411 g/mol. The van der Waals surface area contributed by atoms with Crippen molar-refractivity contribution in [2.45, 2.75) is 27.2 Å². The van der Waals surface area contributed by atoms with Crippen LogP contribution in [0, 0.1) is 20.8 Å². The minimum atomic E-state index is -0.0939. The van der Waals surface area contributed by atoms with Crippen molar-refractivity contribution in [3.8, 4) is 5.13 Å². The maximum atomic E-state index is 12.6. The van der Waals surface area contributed by atoms with Gasteiger partial charge in [-0.05, 0) is 49.6 Å². The molecule has 0 bridgehead atoms. The molecule has 4 aromatic rings. The number of nitrogens with zero attached hydrogens (tertiary/aromatic N) is 3. The molecule has 0 aliphatic heterocycles. The first-order chi connectivity index (χ1) is 13.4. The smallest absolute Gasteiger partial charge is 0.229 e. The minimum Gasteiger partial charge on any atom is -0.310 e. The summed E-state index contributed by atoms with van der Waals surface area (Å²) in [5.41, 5.74) is 4.91. The first-order valence-electron chi connectivity index (χ1n) is 8.89. The van der Waals surface area contributed by atoms with Gasteiger partial charge in [-0.25, -0.2) is 4.98 Å². The zero-order chi connectivity index (χ0) is 19.8. The molecule has 0 saturated heterocycles. The number of carbonyl (C=O) groups excluding carboxylic acids is 1. The highest BCUT2D eigenvalue weighted by Gasteiger charge is 2.16. The van der Waals surface area contributed by atoms with E-state index in [1.807, 2.05) is 56.3 Å². The highest BCUT2D eigenvalue weighted by molar-refractivity contribution is 7.20. The first kappa shape index (κ1) is 18.7. The molecule has 4 rings (SSSR count). The van der Waals surface area contributed by atoms with Crippen molar-refractivity contribution >= 4 is 44.9 Å². The number of amides is 1. The molecule has 1 amide bonds. The minimum absolute atomic E-state index is 0.0939. The van der Waals surface area contributed by atoms with Crippen LogP contribution in [0.5, 0.6) is 0 Å². The van der Waals surface area contributed by atoms with Gasteiger partial charge in [0.1, 0.15) is 11.3 Å². The second-order valence-corrected chi connectivity index (χ2v) is 8.23. The molecule has 2 aromatic heterocycles. The van der Waals surface area contributed by atoms with Crippen molar-refractivity contribution in [2.24, 2.45) is 0 Å². The number of benzene rings is 2. The van der Waals surface area contributed by atoms with Gasteiger partial charge in [0.15, 0.2) is 0 Å². The number of fused-ring (bicyclic) bond motifs is 1. The van der Waals surface area contributed by atoms with Crippen LogP contribution in [-0.4, -0.2) is 20.7 Å². The van der Waals surface area contributed by atoms with Gasteiger partial charge in [0.05, 0.1) is 21.8 Å². The molecule has 2 heterocycles. The summed E-state index contributed by atoms with van der Waals surface area (Å²) in [6.45, 7) is 5.99. The van der Waals surface area contributed by atoms with E-state index in [0.29, 0.717) is 22.4 Å².